The van der Waals surface area contributed by atoms with Crippen LogP contribution in [0.1, 0.15) is 38.5 Å². The Balaban J connectivity index is 1.94. The van der Waals surface area contributed by atoms with Crippen molar-refractivity contribution in [1.29, 1.82) is 0 Å². The summed E-state index contributed by atoms with van der Waals surface area (Å²) >= 11 is 0. The maximum atomic E-state index is 5.65. The highest BCUT2D eigenvalue weighted by molar-refractivity contribution is 4.80. The van der Waals surface area contributed by atoms with E-state index >= 15 is 0 Å². The molecule has 1 unspecified atom stereocenters. The molecule has 2 heteroatoms. The van der Waals surface area contributed by atoms with E-state index in [-0.39, 0.29) is 5.79 Å². The van der Waals surface area contributed by atoms with Gasteiger partial charge in [0.15, 0.2) is 5.79 Å². The monoisotopic (exact) mass is 155 g/mol. The van der Waals surface area contributed by atoms with E-state index in [9.17, 15) is 0 Å². The number of ether oxygens (including phenoxy) is 2. The van der Waals surface area contributed by atoms with Gasteiger partial charge in [-0.05, 0) is 25.7 Å². The summed E-state index contributed by atoms with van der Waals surface area (Å²) in [6, 6.07) is 0. The SMILES string of the molecule is [CH]1CCCC2(CCCCO2)O1. The molecule has 1 atom stereocenters. The molecular formula is C9H15O2. The third-order valence-corrected chi connectivity index (χ3v) is 2.49. The Hall–Kier alpha value is -0.0800. The summed E-state index contributed by atoms with van der Waals surface area (Å²) in [5.74, 6) is -0.198. The van der Waals surface area contributed by atoms with Crippen LogP contribution in [0, 0.1) is 6.61 Å². The zero-order valence-electron chi connectivity index (χ0n) is 6.84. The van der Waals surface area contributed by atoms with Gasteiger partial charge in [0.2, 0.25) is 0 Å². The van der Waals surface area contributed by atoms with Gasteiger partial charge in [0, 0.05) is 12.8 Å². The van der Waals surface area contributed by atoms with Gasteiger partial charge in [-0.3, -0.25) is 0 Å². The van der Waals surface area contributed by atoms with E-state index in [2.05, 4.69) is 0 Å². The third-order valence-electron chi connectivity index (χ3n) is 2.49. The van der Waals surface area contributed by atoms with Crippen LogP contribution in [-0.2, 0) is 9.47 Å². The Bertz CT molecular complexity index is 102. The summed E-state index contributed by atoms with van der Waals surface area (Å²) in [4.78, 5) is 0. The normalized spacial score (nSPS) is 30.5. The molecule has 2 aliphatic heterocycles. The maximum Gasteiger partial charge on any atom is 0.168 e. The van der Waals surface area contributed by atoms with Crippen molar-refractivity contribution >= 4 is 0 Å². The number of hydrogen-bond donors (Lipinski definition) is 0. The first kappa shape index (κ1) is 7.56. The Labute approximate surface area is 67.9 Å². The fraction of sp³-hybridized carbons (Fsp3) is 0.889. The fourth-order valence-electron chi connectivity index (χ4n) is 1.84. The van der Waals surface area contributed by atoms with Crippen LogP contribution in [-0.4, -0.2) is 12.4 Å². The minimum absolute atomic E-state index is 0.198. The van der Waals surface area contributed by atoms with Crippen molar-refractivity contribution in [1.82, 2.24) is 0 Å². The molecule has 0 aromatic heterocycles. The van der Waals surface area contributed by atoms with E-state index in [0.717, 1.165) is 25.9 Å². The predicted molar refractivity (Wildman–Crippen MR) is 41.8 cm³/mol. The van der Waals surface area contributed by atoms with Crippen LogP contribution >= 0.6 is 0 Å². The highest BCUT2D eigenvalue weighted by atomic mass is 16.7. The first-order valence-corrected chi connectivity index (χ1v) is 4.55. The van der Waals surface area contributed by atoms with Crippen molar-refractivity contribution in [3.63, 3.8) is 0 Å². The summed E-state index contributed by atoms with van der Waals surface area (Å²) in [5.41, 5.74) is 0. The molecule has 2 saturated heterocycles. The molecule has 0 bridgehead atoms. The number of hydrogen-bond acceptors (Lipinski definition) is 2. The van der Waals surface area contributed by atoms with E-state index < -0.39 is 0 Å². The molecule has 2 fully saturated rings. The summed E-state index contributed by atoms with van der Waals surface area (Å²) in [7, 11) is 0. The van der Waals surface area contributed by atoms with E-state index in [0.29, 0.717) is 0 Å². The van der Waals surface area contributed by atoms with Crippen molar-refractivity contribution in [2.75, 3.05) is 6.61 Å². The van der Waals surface area contributed by atoms with E-state index in [1.165, 1.54) is 19.3 Å². The van der Waals surface area contributed by atoms with Crippen molar-refractivity contribution in [2.45, 2.75) is 44.3 Å². The van der Waals surface area contributed by atoms with Gasteiger partial charge in [0.25, 0.3) is 0 Å². The van der Waals surface area contributed by atoms with Gasteiger partial charge >= 0.3 is 0 Å². The van der Waals surface area contributed by atoms with Gasteiger partial charge < -0.3 is 9.47 Å². The van der Waals surface area contributed by atoms with Crippen molar-refractivity contribution in [2.24, 2.45) is 0 Å². The summed E-state index contributed by atoms with van der Waals surface area (Å²) in [6.45, 7) is 2.79. The third kappa shape index (κ3) is 1.57. The van der Waals surface area contributed by atoms with Gasteiger partial charge in [-0.1, -0.05) is 0 Å². The summed E-state index contributed by atoms with van der Waals surface area (Å²) in [6.07, 6.45) is 6.94. The first-order valence-electron chi connectivity index (χ1n) is 4.55. The molecule has 0 N–H and O–H groups in total. The second-order valence-corrected chi connectivity index (χ2v) is 3.39. The molecule has 2 nitrogen and oxygen atoms in total. The van der Waals surface area contributed by atoms with Gasteiger partial charge in [-0.15, -0.1) is 0 Å². The van der Waals surface area contributed by atoms with Gasteiger partial charge in [0.05, 0.1) is 13.2 Å². The average molecular weight is 155 g/mol. The van der Waals surface area contributed by atoms with Crippen LogP contribution in [0.25, 0.3) is 0 Å². The van der Waals surface area contributed by atoms with Gasteiger partial charge in [-0.2, -0.15) is 0 Å². The lowest BCUT2D eigenvalue weighted by Gasteiger charge is -2.39. The van der Waals surface area contributed by atoms with E-state index in [4.69, 9.17) is 9.47 Å². The predicted octanol–water partition coefficient (Wildman–Crippen LogP) is 2.25. The smallest absolute Gasteiger partial charge is 0.168 e. The van der Waals surface area contributed by atoms with E-state index in [1.54, 1.807) is 0 Å². The Morgan fingerprint density at radius 3 is 2.64 bits per heavy atom. The minimum atomic E-state index is -0.198. The van der Waals surface area contributed by atoms with Gasteiger partial charge in [0.1, 0.15) is 0 Å². The second kappa shape index (κ2) is 3.11. The molecule has 0 aromatic rings. The summed E-state index contributed by atoms with van der Waals surface area (Å²) in [5, 5.41) is 0. The molecule has 0 aliphatic carbocycles. The van der Waals surface area contributed by atoms with Crippen molar-refractivity contribution in [3.8, 4) is 0 Å². The highest BCUT2D eigenvalue weighted by Gasteiger charge is 2.35. The van der Waals surface area contributed by atoms with Crippen LogP contribution in [0.4, 0.5) is 0 Å². The minimum Gasteiger partial charge on any atom is -0.350 e. The molecule has 0 aromatic carbocycles. The lowest BCUT2D eigenvalue weighted by molar-refractivity contribution is -0.254. The topological polar surface area (TPSA) is 18.5 Å². The molecule has 1 radical (unpaired) electrons. The molecule has 2 rings (SSSR count). The molecule has 0 amide bonds. The molecular weight excluding hydrogens is 140 g/mol. The molecule has 1 spiro atoms. The second-order valence-electron chi connectivity index (χ2n) is 3.39. The molecule has 2 heterocycles. The molecule has 2 aliphatic rings. The van der Waals surface area contributed by atoms with Gasteiger partial charge in [-0.25, -0.2) is 0 Å². The largest absolute Gasteiger partial charge is 0.350 e. The standard InChI is InChI=1S/C9H15O2/c1-3-7-10-9(5-1)6-2-4-8-11-9/h7H,1-6,8H2. The fourth-order valence-corrected chi connectivity index (χ4v) is 1.84. The van der Waals surface area contributed by atoms with Crippen LogP contribution in [0.5, 0.6) is 0 Å². The quantitative estimate of drug-likeness (QED) is 0.534. The van der Waals surface area contributed by atoms with E-state index in [1.807, 2.05) is 6.61 Å². The Morgan fingerprint density at radius 1 is 1.09 bits per heavy atom. The Morgan fingerprint density at radius 2 is 2.00 bits per heavy atom. The Kier molecular flexibility index (Phi) is 2.14. The van der Waals surface area contributed by atoms with Crippen molar-refractivity contribution in [3.05, 3.63) is 6.61 Å². The zero-order valence-corrected chi connectivity index (χ0v) is 6.84. The van der Waals surface area contributed by atoms with Crippen LogP contribution < -0.4 is 0 Å². The lowest BCUT2D eigenvalue weighted by Crippen LogP contribution is -2.40. The number of rotatable bonds is 0. The molecule has 11 heavy (non-hydrogen) atoms. The highest BCUT2D eigenvalue weighted by Crippen LogP contribution is 2.35. The van der Waals surface area contributed by atoms with Crippen LogP contribution in [0.15, 0.2) is 0 Å². The zero-order chi connectivity index (χ0) is 7.57. The molecule has 63 valence electrons. The maximum absolute atomic E-state index is 5.65. The lowest BCUT2D eigenvalue weighted by atomic mass is 9.97. The van der Waals surface area contributed by atoms with Crippen LogP contribution in [0.3, 0.4) is 0 Å². The molecule has 0 saturated carbocycles. The van der Waals surface area contributed by atoms with Crippen molar-refractivity contribution < 1.29 is 9.47 Å². The average Bonchev–Trinajstić information content (AvgIpc) is 2.07. The summed E-state index contributed by atoms with van der Waals surface area (Å²) < 4.78 is 11.2. The van der Waals surface area contributed by atoms with Crippen LogP contribution in [0.2, 0.25) is 0 Å². The first-order chi connectivity index (χ1) is 5.41.